The Bertz CT molecular complexity index is 687. The number of hydrogen-bond acceptors (Lipinski definition) is 4. The van der Waals surface area contributed by atoms with E-state index in [2.05, 4.69) is 41.0 Å². The number of rotatable bonds is 3. The van der Waals surface area contributed by atoms with Crippen LogP contribution in [0.15, 0.2) is 30.5 Å². The average molecular weight is 280 g/mol. The van der Waals surface area contributed by atoms with Crippen LogP contribution in [0.25, 0.3) is 10.9 Å². The van der Waals surface area contributed by atoms with Crippen LogP contribution in [0.5, 0.6) is 0 Å². The first-order valence-electron chi connectivity index (χ1n) is 7.40. The van der Waals surface area contributed by atoms with E-state index < -0.39 is 0 Å². The van der Waals surface area contributed by atoms with E-state index in [9.17, 15) is 5.26 Å². The molecule has 1 saturated heterocycles. The number of anilines is 1. The monoisotopic (exact) mass is 280 g/mol. The van der Waals surface area contributed by atoms with Crippen LogP contribution in [-0.2, 0) is 0 Å². The minimum atomic E-state index is 0.470. The van der Waals surface area contributed by atoms with E-state index >= 15 is 0 Å². The molecule has 1 aliphatic rings. The Hall–Kier alpha value is -2.12. The van der Waals surface area contributed by atoms with Crippen molar-refractivity contribution < 1.29 is 0 Å². The predicted molar refractivity (Wildman–Crippen MR) is 85.4 cm³/mol. The Balaban J connectivity index is 2.12. The van der Waals surface area contributed by atoms with Gasteiger partial charge >= 0.3 is 0 Å². The smallest absolute Gasteiger partial charge is 0.103 e. The lowest BCUT2D eigenvalue weighted by molar-refractivity contribution is 0.372. The predicted octanol–water partition coefficient (Wildman–Crippen LogP) is 2.64. The van der Waals surface area contributed by atoms with E-state index in [0.29, 0.717) is 11.6 Å². The zero-order chi connectivity index (χ0) is 14.8. The lowest BCUT2D eigenvalue weighted by atomic mass is 10.1. The number of fused-ring (bicyclic) bond motifs is 1. The van der Waals surface area contributed by atoms with Gasteiger partial charge in [0.25, 0.3) is 0 Å². The summed E-state index contributed by atoms with van der Waals surface area (Å²) in [7, 11) is 4.21. The van der Waals surface area contributed by atoms with Gasteiger partial charge in [0.1, 0.15) is 6.07 Å². The van der Waals surface area contributed by atoms with Crippen molar-refractivity contribution in [1.29, 1.82) is 5.26 Å². The molecule has 2 aromatic rings. The first-order valence-corrected chi connectivity index (χ1v) is 7.40. The lowest BCUT2D eigenvalue weighted by Gasteiger charge is -2.30. The molecule has 2 heterocycles. The highest BCUT2D eigenvalue weighted by Gasteiger charge is 2.28. The number of aromatic nitrogens is 1. The highest BCUT2D eigenvalue weighted by Crippen LogP contribution is 2.34. The third-order valence-electron chi connectivity index (χ3n) is 4.11. The molecule has 0 saturated carbocycles. The Morgan fingerprint density at radius 3 is 2.95 bits per heavy atom. The zero-order valence-electron chi connectivity index (χ0n) is 12.6. The molecule has 3 rings (SSSR count). The highest BCUT2D eigenvalue weighted by molar-refractivity contribution is 5.94. The second kappa shape index (κ2) is 5.71. The van der Waals surface area contributed by atoms with Crippen LogP contribution in [0.3, 0.4) is 0 Å². The Labute approximate surface area is 125 Å². The summed E-state index contributed by atoms with van der Waals surface area (Å²) < 4.78 is 0. The minimum absolute atomic E-state index is 0.470. The molecular formula is C17H20N4. The van der Waals surface area contributed by atoms with Crippen molar-refractivity contribution in [3.05, 3.63) is 36.0 Å². The van der Waals surface area contributed by atoms with Crippen molar-refractivity contribution in [2.45, 2.75) is 18.9 Å². The molecule has 0 bridgehead atoms. The highest BCUT2D eigenvalue weighted by atomic mass is 15.2. The number of pyridine rings is 1. The van der Waals surface area contributed by atoms with E-state index in [1.54, 1.807) is 6.20 Å². The molecule has 1 unspecified atom stereocenters. The summed E-state index contributed by atoms with van der Waals surface area (Å²) in [6, 6.07) is 10.9. The molecule has 4 heteroatoms. The fourth-order valence-electron chi connectivity index (χ4n) is 3.26. The summed E-state index contributed by atoms with van der Waals surface area (Å²) in [5, 5.41) is 10.6. The van der Waals surface area contributed by atoms with Crippen molar-refractivity contribution in [3.8, 4) is 6.07 Å². The fraction of sp³-hybridized carbons (Fsp3) is 0.412. The summed E-state index contributed by atoms with van der Waals surface area (Å²) in [5.74, 6) is 0. The molecular weight excluding hydrogens is 260 g/mol. The topological polar surface area (TPSA) is 43.2 Å². The van der Waals surface area contributed by atoms with Gasteiger partial charge in [-0.05, 0) is 33.0 Å². The average Bonchev–Trinajstić information content (AvgIpc) is 2.93. The van der Waals surface area contributed by atoms with E-state index in [1.807, 2.05) is 18.2 Å². The van der Waals surface area contributed by atoms with Crippen LogP contribution in [0, 0.1) is 11.3 Å². The molecule has 1 atom stereocenters. The molecule has 1 aromatic carbocycles. The Morgan fingerprint density at radius 2 is 2.19 bits per heavy atom. The van der Waals surface area contributed by atoms with Gasteiger partial charge in [0, 0.05) is 30.7 Å². The molecule has 0 amide bonds. The summed E-state index contributed by atoms with van der Waals surface area (Å²) >= 11 is 0. The molecule has 1 fully saturated rings. The summed E-state index contributed by atoms with van der Waals surface area (Å²) in [5.41, 5.74) is 2.70. The van der Waals surface area contributed by atoms with Gasteiger partial charge in [-0.25, -0.2) is 0 Å². The maximum absolute atomic E-state index is 9.48. The van der Waals surface area contributed by atoms with Crippen LogP contribution >= 0.6 is 0 Å². The van der Waals surface area contributed by atoms with Crippen molar-refractivity contribution in [3.63, 3.8) is 0 Å². The second-order valence-electron chi connectivity index (χ2n) is 5.90. The number of nitriles is 1. The fourth-order valence-corrected chi connectivity index (χ4v) is 3.26. The second-order valence-corrected chi connectivity index (χ2v) is 5.90. The standard InChI is InChI=1S/C17H20N4/c1-20(2)12-14-6-5-9-21(14)17-13(10-18)11-19-16-8-4-3-7-15(16)17/h3-4,7-8,11,14H,5-6,9,12H2,1-2H3. The molecule has 21 heavy (non-hydrogen) atoms. The largest absolute Gasteiger partial charge is 0.366 e. The first-order chi connectivity index (χ1) is 10.2. The number of hydrogen-bond donors (Lipinski definition) is 0. The van der Waals surface area contributed by atoms with Gasteiger partial charge in [-0.3, -0.25) is 4.98 Å². The normalized spacial score (nSPS) is 18.4. The van der Waals surface area contributed by atoms with Gasteiger partial charge in [0.15, 0.2) is 0 Å². The number of likely N-dealkylation sites (N-methyl/N-ethyl adjacent to an activating group) is 1. The summed E-state index contributed by atoms with van der Waals surface area (Å²) in [4.78, 5) is 9.04. The van der Waals surface area contributed by atoms with Crippen molar-refractivity contribution in [2.75, 3.05) is 32.1 Å². The lowest BCUT2D eigenvalue weighted by Crippen LogP contribution is -2.38. The molecule has 1 aliphatic heterocycles. The van der Waals surface area contributed by atoms with Gasteiger partial charge in [-0.2, -0.15) is 5.26 Å². The van der Waals surface area contributed by atoms with E-state index in [0.717, 1.165) is 29.7 Å². The van der Waals surface area contributed by atoms with Gasteiger partial charge in [-0.15, -0.1) is 0 Å². The number of benzene rings is 1. The van der Waals surface area contributed by atoms with Crippen molar-refractivity contribution >= 4 is 16.6 Å². The maximum atomic E-state index is 9.48. The third kappa shape index (κ3) is 2.57. The number of para-hydroxylation sites is 1. The van der Waals surface area contributed by atoms with Crippen LogP contribution < -0.4 is 4.90 Å². The van der Waals surface area contributed by atoms with E-state index in [1.165, 1.54) is 12.8 Å². The Morgan fingerprint density at radius 1 is 1.38 bits per heavy atom. The van der Waals surface area contributed by atoms with Crippen LogP contribution in [0.4, 0.5) is 5.69 Å². The first kappa shape index (κ1) is 13.8. The summed E-state index contributed by atoms with van der Waals surface area (Å²) in [6.45, 7) is 2.03. The van der Waals surface area contributed by atoms with E-state index in [-0.39, 0.29) is 0 Å². The van der Waals surface area contributed by atoms with Crippen LogP contribution in [0.2, 0.25) is 0 Å². The quantitative estimate of drug-likeness (QED) is 0.867. The van der Waals surface area contributed by atoms with Gasteiger partial charge in [0.05, 0.1) is 16.8 Å². The van der Waals surface area contributed by atoms with Crippen molar-refractivity contribution in [2.24, 2.45) is 0 Å². The number of nitrogens with zero attached hydrogens (tertiary/aromatic N) is 4. The maximum Gasteiger partial charge on any atom is 0.103 e. The van der Waals surface area contributed by atoms with Crippen LogP contribution in [0.1, 0.15) is 18.4 Å². The summed E-state index contributed by atoms with van der Waals surface area (Å²) in [6.07, 6.45) is 4.07. The zero-order valence-corrected chi connectivity index (χ0v) is 12.6. The van der Waals surface area contributed by atoms with Gasteiger partial charge in [-0.1, -0.05) is 18.2 Å². The molecule has 0 radical (unpaired) electrons. The SMILES string of the molecule is CN(C)CC1CCCN1c1c(C#N)cnc2ccccc12. The van der Waals surface area contributed by atoms with Gasteiger partial charge in [0.2, 0.25) is 0 Å². The minimum Gasteiger partial charge on any atom is -0.366 e. The Kier molecular flexibility index (Phi) is 3.76. The van der Waals surface area contributed by atoms with Crippen LogP contribution in [-0.4, -0.2) is 43.1 Å². The van der Waals surface area contributed by atoms with Crippen molar-refractivity contribution in [1.82, 2.24) is 9.88 Å². The van der Waals surface area contributed by atoms with E-state index in [4.69, 9.17) is 0 Å². The molecule has 1 aromatic heterocycles. The molecule has 108 valence electrons. The molecule has 4 nitrogen and oxygen atoms in total. The third-order valence-corrected chi connectivity index (χ3v) is 4.11. The molecule has 0 spiro atoms. The molecule has 0 aliphatic carbocycles. The van der Waals surface area contributed by atoms with Gasteiger partial charge < -0.3 is 9.80 Å². The molecule has 0 N–H and O–H groups in total.